The van der Waals surface area contributed by atoms with Gasteiger partial charge in [-0.3, -0.25) is 0 Å². The zero-order valence-corrected chi connectivity index (χ0v) is 8.13. The molecule has 2 heteroatoms. The molecule has 0 fully saturated rings. The van der Waals surface area contributed by atoms with Crippen LogP contribution in [0.2, 0.25) is 0 Å². The van der Waals surface area contributed by atoms with E-state index < -0.39 is 6.10 Å². The van der Waals surface area contributed by atoms with E-state index in [0.717, 1.165) is 5.56 Å². The molecule has 1 aromatic carbocycles. The standard InChI is InChI=1S/C12H16O2/c13-10-6-2-5-9-12(14)11-7-3-1-4-8-11/h1-5,7-8,12-14H,6,9-10H2/b5-2+/t12-/m1/s1. The summed E-state index contributed by atoms with van der Waals surface area (Å²) in [5, 5.41) is 18.2. The van der Waals surface area contributed by atoms with Gasteiger partial charge in [-0.2, -0.15) is 0 Å². The molecule has 1 rings (SSSR count). The Hall–Kier alpha value is -1.12. The van der Waals surface area contributed by atoms with Crippen LogP contribution < -0.4 is 0 Å². The first-order chi connectivity index (χ1) is 6.84. The fraction of sp³-hybridized carbons (Fsp3) is 0.333. The predicted octanol–water partition coefficient (Wildman–Crippen LogP) is 2.05. The summed E-state index contributed by atoms with van der Waals surface area (Å²) in [6.45, 7) is 0.165. The number of aliphatic hydroxyl groups is 2. The van der Waals surface area contributed by atoms with Crippen LogP contribution in [-0.2, 0) is 0 Å². The summed E-state index contributed by atoms with van der Waals surface area (Å²) in [6, 6.07) is 9.57. The van der Waals surface area contributed by atoms with Crippen molar-refractivity contribution in [3.63, 3.8) is 0 Å². The summed E-state index contributed by atoms with van der Waals surface area (Å²) < 4.78 is 0. The van der Waals surface area contributed by atoms with Gasteiger partial charge in [0.05, 0.1) is 6.10 Å². The van der Waals surface area contributed by atoms with Gasteiger partial charge in [-0.1, -0.05) is 42.5 Å². The van der Waals surface area contributed by atoms with E-state index in [-0.39, 0.29) is 6.61 Å². The monoisotopic (exact) mass is 192 g/mol. The van der Waals surface area contributed by atoms with E-state index in [1.165, 1.54) is 0 Å². The quantitative estimate of drug-likeness (QED) is 0.701. The van der Waals surface area contributed by atoms with Crippen molar-refractivity contribution < 1.29 is 10.2 Å². The van der Waals surface area contributed by atoms with Crippen LogP contribution in [0.1, 0.15) is 24.5 Å². The minimum absolute atomic E-state index is 0.165. The van der Waals surface area contributed by atoms with Gasteiger partial charge in [-0.05, 0) is 18.4 Å². The molecular formula is C12H16O2. The molecule has 0 heterocycles. The maximum atomic E-state index is 9.71. The fourth-order valence-corrected chi connectivity index (χ4v) is 1.23. The predicted molar refractivity (Wildman–Crippen MR) is 56.9 cm³/mol. The van der Waals surface area contributed by atoms with Gasteiger partial charge in [0, 0.05) is 6.61 Å². The number of benzene rings is 1. The number of aliphatic hydroxyl groups excluding tert-OH is 2. The van der Waals surface area contributed by atoms with Crippen LogP contribution in [0.15, 0.2) is 42.5 Å². The van der Waals surface area contributed by atoms with Crippen molar-refractivity contribution in [2.24, 2.45) is 0 Å². The van der Waals surface area contributed by atoms with Gasteiger partial charge in [0.1, 0.15) is 0 Å². The summed E-state index contributed by atoms with van der Waals surface area (Å²) in [7, 11) is 0. The molecule has 0 amide bonds. The van der Waals surface area contributed by atoms with Crippen molar-refractivity contribution in [1.82, 2.24) is 0 Å². The van der Waals surface area contributed by atoms with Gasteiger partial charge in [0.25, 0.3) is 0 Å². The average Bonchev–Trinajstić information content (AvgIpc) is 2.25. The largest absolute Gasteiger partial charge is 0.396 e. The molecule has 2 nitrogen and oxygen atoms in total. The Labute approximate surface area is 84.5 Å². The Morgan fingerprint density at radius 3 is 2.50 bits per heavy atom. The van der Waals surface area contributed by atoms with Crippen molar-refractivity contribution in [3.05, 3.63) is 48.0 Å². The highest BCUT2D eigenvalue weighted by molar-refractivity contribution is 5.17. The summed E-state index contributed by atoms with van der Waals surface area (Å²) in [5.74, 6) is 0. The third-order valence-corrected chi connectivity index (χ3v) is 2.01. The van der Waals surface area contributed by atoms with Gasteiger partial charge in [-0.15, -0.1) is 0 Å². The van der Waals surface area contributed by atoms with Gasteiger partial charge < -0.3 is 10.2 Å². The Bertz CT molecular complexity index is 267. The van der Waals surface area contributed by atoms with Crippen LogP contribution in [0, 0.1) is 0 Å². The van der Waals surface area contributed by atoms with Gasteiger partial charge in [0.2, 0.25) is 0 Å². The molecule has 0 unspecified atom stereocenters. The van der Waals surface area contributed by atoms with Crippen LogP contribution in [0.5, 0.6) is 0 Å². The lowest BCUT2D eigenvalue weighted by molar-refractivity contribution is 0.181. The number of rotatable bonds is 5. The smallest absolute Gasteiger partial charge is 0.0824 e. The average molecular weight is 192 g/mol. The molecule has 1 atom stereocenters. The van der Waals surface area contributed by atoms with Crippen LogP contribution in [0.25, 0.3) is 0 Å². The topological polar surface area (TPSA) is 40.5 Å². The van der Waals surface area contributed by atoms with Crippen molar-refractivity contribution in [3.8, 4) is 0 Å². The zero-order chi connectivity index (χ0) is 10.2. The van der Waals surface area contributed by atoms with Gasteiger partial charge in [-0.25, -0.2) is 0 Å². The zero-order valence-electron chi connectivity index (χ0n) is 8.13. The van der Waals surface area contributed by atoms with Crippen LogP contribution in [0.3, 0.4) is 0 Å². The molecule has 1 aromatic rings. The maximum Gasteiger partial charge on any atom is 0.0824 e. The summed E-state index contributed by atoms with van der Waals surface area (Å²) in [4.78, 5) is 0. The van der Waals surface area contributed by atoms with Crippen molar-refractivity contribution in [1.29, 1.82) is 0 Å². The highest BCUT2D eigenvalue weighted by Crippen LogP contribution is 2.15. The second-order valence-corrected chi connectivity index (χ2v) is 3.15. The third-order valence-electron chi connectivity index (χ3n) is 2.01. The second kappa shape index (κ2) is 6.35. The number of hydrogen-bond acceptors (Lipinski definition) is 2. The molecule has 2 N–H and O–H groups in total. The highest BCUT2D eigenvalue weighted by Gasteiger charge is 2.02. The van der Waals surface area contributed by atoms with Gasteiger partial charge >= 0.3 is 0 Å². The van der Waals surface area contributed by atoms with Crippen molar-refractivity contribution >= 4 is 0 Å². The Morgan fingerprint density at radius 1 is 1.14 bits per heavy atom. The molecule has 0 saturated carbocycles. The minimum Gasteiger partial charge on any atom is -0.396 e. The molecule has 0 saturated heterocycles. The van der Waals surface area contributed by atoms with E-state index in [0.29, 0.717) is 12.8 Å². The maximum absolute atomic E-state index is 9.71. The lowest BCUT2D eigenvalue weighted by atomic mass is 10.1. The highest BCUT2D eigenvalue weighted by atomic mass is 16.3. The van der Waals surface area contributed by atoms with Crippen LogP contribution in [-0.4, -0.2) is 16.8 Å². The summed E-state index contributed by atoms with van der Waals surface area (Å²) in [6.07, 6.45) is 4.59. The molecule has 0 aliphatic carbocycles. The van der Waals surface area contributed by atoms with E-state index in [1.54, 1.807) is 0 Å². The molecule has 0 radical (unpaired) electrons. The third kappa shape index (κ3) is 3.73. The molecule has 0 bridgehead atoms. The first kappa shape index (κ1) is 11.0. The first-order valence-electron chi connectivity index (χ1n) is 4.83. The van der Waals surface area contributed by atoms with Crippen molar-refractivity contribution in [2.75, 3.05) is 6.61 Å². The summed E-state index contributed by atoms with van der Waals surface area (Å²) in [5.41, 5.74) is 0.932. The van der Waals surface area contributed by atoms with E-state index in [9.17, 15) is 5.11 Å². The van der Waals surface area contributed by atoms with Crippen LogP contribution >= 0.6 is 0 Å². The van der Waals surface area contributed by atoms with Crippen molar-refractivity contribution in [2.45, 2.75) is 18.9 Å². The molecule has 14 heavy (non-hydrogen) atoms. The molecule has 0 aliphatic rings. The lowest BCUT2D eigenvalue weighted by Gasteiger charge is -2.07. The minimum atomic E-state index is -0.439. The van der Waals surface area contributed by atoms with E-state index >= 15 is 0 Å². The number of hydrogen-bond donors (Lipinski definition) is 2. The van der Waals surface area contributed by atoms with E-state index in [1.807, 2.05) is 42.5 Å². The SMILES string of the molecule is OCC/C=C/C[C@@H](O)c1ccccc1. The lowest BCUT2D eigenvalue weighted by Crippen LogP contribution is -1.94. The molecule has 0 aliphatic heterocycles. The molecule has 0 spiro atoms. The normalized spacial score (nSPS) is 13.3. The Kier molecular flexibility index (Phi) is 4.97. The van der Waals surface area contributed by atoms with Crippen LogP contribution in [0.4, 0.5) is 0 Å². The van der Waals surface area contributed by atoms with E-state index in [4.69, 9.17) is 5.11 Å². The molecule has 0 aromatic heterocycles. The first-order valence-corrected chi connectivity index (χ1v) is 4.83. The summed E-state index contributed by atoms with van der Waals surface area (Å²) >= 11 is 0. The Balaban J connectivity index is 2.39. The fourth-order valence-electron chi connectivity index (χ4n) is 1.23. The molecule has 76 valence electrons. The van der Waals surface area contributed by atoms with Gasteiger partial charge in [0.15, 0.2) is 0 Å². The Morgan fingerprint density at radius 2 is 1.86 bits per heavy atom. The molecular weight excluding hydrogens is 176 g/mol. The second-order valence-electron chi connectivity index (χ2n) is 3.15. The van der Waals surface area contributed by atoms with E-state index in [2.05, 4.69) is 0 Å².